The molecular weight excluding hydrogens is 206 g/mol. The first-order valence-corrected chi connectivity index (χ1v) is 0. The predicted octanol–water partition coefficient (Wildman–Crippen LogP) is 0.860. The molecule has 0 aliphatic heterocycles. The molecule has 0 amide bonds. The summed E-state index contributed by atoms with van der Waals surface area (Å²) in [6, 6.07) is 0. The van der Waals surface area contributed by atoms with Crippen LogP contribution in [0.2, 0.25) is 0 Å². The number of halogens is 4. The van der Waals surface area contributed by atoms with Crippen molar-refractivity contribution in [1.29, 1.82) is 0 Å². The molecule has 0 aliphatic rings. The van der Waals surface area contributed by atoms with E-state index in [0.717, 1.165) is 0 Å². The van der Waals surface area contributed by atoms with Gasteiger partial charge in [-0.25, -0.2) is 0 Å². The molecule has 0 fully saturated rings. The van der Waals surface area contributed by atoms with Gasteiger partial charge in [-0.1, -0.05) is 0 Å². The van der Waals surface area contributed by atoms with E-state index < -0.39 is 0 Å². The maximum Gasteiger partial charge on any atom is 0 e. The Bertz CT molecular complexity index is 7.51. The molecule has 6 heteroatoms. The number of hydrogen-bond acceptors (Lipinski definition) is 0. The molecule has 1 nitrogen and oxygen atoms in total. The van der Waals surface area contributed by atoms with Crippen LogP contribution in [0, 0.1) is 0 Å². The van der Waals surface area contributed by atoms with Crippen LogP contribution in [0.3, 0.4) is 0 Å². The second-order valence-corrected chi connectivity index (χ2v) is 0. The molecular formula is H6Cl4OTi. The summed E-state index contributed by atoms with van der Waals surface area (Å²) < 4.78 is 0. The molecule has 0 bridgehead atoms. The quantitative estimate of drug-likeness (QED) is 0.533. The molecule has 6 heavy (non-hydrogen) atoms. The zero-order valence-electron chi connectivity index (χ0n) is 2.63. The van der Waals surface area contributed by atoms with Crippen molar-refractivity contribution in [2.75, 3.05) is 0 Å². The van der Waals surface area contributed by atoms with E-state index in [0.29, 0.717) is 0 Å². The molecule has 0 atom stereocenters. The summed E-state index contributed by atoms with van der Waals surface area (Å²) in [5, 5.41) is 0. The average molecular weight is 212 g/mol. The number of rotatable bonds is 0. The summed E-state index contributed by atoms with van der Waals surface area (Å²) in [7, 11) is 0. The Morgan fingerprint density at radius 2 is 0.500 bits per heavy atom. The van der Waals surface area contributed by atoms with Gasteiger partial charge in [-0.3, -0.25) is 0 Å². The van der Waals surface area contributed by atoms with Crippen LogP contribution in [-0.2, 0) is 21.7 Å². The summed E-state index contributed by atoms with van der Waals surface area (Å²) in [6.45, 7) is 0. The van der Waals surface area contributed by atoms with Gasteiger partial charge in [-0.2, -0.15) is 0 Å². The van der Waals surface area contributed by atoms with E-state index in [1.54, 1.807) is 0 Å². The average Bonchev–Trinajstić information content (AvgIpc) is 0. The van der Waals surface area contributed by atoms with Gasteiger partial charge >= 0.3 is 0 Å². The Hall–Kier alpha value is 1.83. The standard InChI is InChI=1S/4ClH.H2O.Ti/h4*1H;1H2;. The number of hydrogen-bond donors (Lipinski definition) is 0. The minimum atomic E-state index is 0. The molecule has 0 saturated carbocycles. The molecule has 0 radical (unpaired) electrons. The van der Waals surface area contributed by atoms with E-state index in [1.807, 2.05) is 0 Å². The summed E-state index contributed by atoms with van der Waals surface area (Å²) >= 11 is 0. The smallest absolute Gasteiger partial charge is 0 e. The summed E-state index contributed by atoms with van der Waals surface area (Å²) in [5.41, 5.74) is 0. The van der Waals surface area contributed by atoms with Gasteiger partial charge in [0.2, 0.25) is 0 Å². The summed E-state index contributed by atoms with van der Waals surface area (Å²) in [4.78, 5) is 0. The van der Waals surface area contributed by atoms with Gasteiger partial charge in [0.25, 0.3) is 0 Å². The zero-order chi connectivity index (χ0) is 0. The monoisotopic (exact) mass is 210 g/mol. The van der Waals surface area contributed by atoms with Crippen molar-refractivity contribution in [3.63, 3.8) is 0 Å². The Labute approximate surface area is 76.5 Å². The van der Waals surface area contributed by atoms with Gasteiger partial charge in [0, 0.05) is 21.7 Å². The van der Waals surface area contributed by atoms with E-state index in [2.05, 4.69) is 0 Å². The van der Waals surface area contributed by atoms with Crippen molar-refractivity contribution in [2.45, 2.75) is 0 Å². The first-order chi connectivity index (χ1) is 0. The van der Waals surface area contributed by atoms with Gasteiger partial charge < -0.3 is 5.48 Å². The van der Waals surface area contributed by atoms with Gasteiger partial charge in [-0.05, 0) is 0 Å². The van der Waals surface area contributed by atoms with Gasteiger partial charge in [-0.15, -0.1) is 49.6 Å². The van der Waals surface area contributed by atoms with Crippen LogP contribution >= 0.6 is 49.6 Å². The third-order valence-corrected chi connectivity index (χ3v) is 0. The normalized spacial score (nSPS) is 0. The predicted molar refractivity (Wildman–Crippen MR) is 32.6 cm³/mol. The molecule has 0 rings (SSSR count). The van der Waals surface area contributed by atoms with E-state index in [9.17, 15) is 0 Å². The molecule has 0 aromatic rings. The Balaban J connectivity index is 0. The minimum absolute atomic E-state index is 0. The minimum Gasteiger partial charge on any atom is -0.412 e. The maximum atomic E-state index is 0. The fourth-order valence-corrected chi connectivity index (χ4v) is 0. The van der Waals surface area contributed by atoms with Crippen molar-refractivity contribution in [3.8, 4) is 0 Å². The Kier molecular flexibility index (Phi) is 1250. The van der Waals surface area contributed by atoms with Crippen molar-refractivity contribution in [2.24, 2.45) is 0 Å². The van der Waals surface area contributed by atoms with E-state index >= 15 is 0 Å². The van der Waals surface area contributed by atoms with Crippen molar-refractivity contribution < 1.29 is 27.2 Å². The van der Waals surface area contributed by atoms with Crippen LogP contribution in [0.5, 0.6) is 0 Å². The molecule has 0 aromatic carbocycles. The third-order valence-electron chi connectivity index (χ3n) is 0. The van der Waals surface area contributed by atoms with E-state index in [-0.39, 0.29) is 76.8 Å². The van der Waals surface area contributed by atoms with Gasteiger partial charge in [0.1, 0.15) is 0 Å². The molecule has 2 N–H and O–H groups in total. The van der Waals surface area contributed by atoms with Crippen molar-refractivity contribution in [1.82, 2.24) is 0 Å². The second-order valence-electron chi connectivity index (χ2n) is 0. The van der Waals surface area contributed by atoms with Crippen molar-refractivity contribution >= 4 is 49.6 Å². The molecule has 0 heterocycles. The van der Waals surface area contributed by atoms with E-state index in [4.69, 9.17) is 0 Å². The SMILES string of the molecule is Cl.Cl.Cl.Cl.O.[Ti]. The zero-order valence-corrected chi connectivity index (χ0v) is 7.46. The Morgan fingerprint density at radius 3 is 0.500 bits per heavy atom. The summed E-state index contributed by atoms with van der Waals surface area (Å²) in [5.74, 6) is 0. The van der Waals surface area contributed by atoms with E-state index in [1.165, 1.54) is 0 Å². The van der Waals surface area contributed by atoms with Gasteiger partial charge in [0.05, 0.1) is 0 Å². The van der Waals surface area contributed by atoms with Crippen LogP contribution in [0.4, 0.5) is 0 Å². The molecule has 0 saturated heterocycles. The maximum absolute atomic E-state index is 0. The first kappa shape index (κ1) is 109. The topological polar surface area (TPSA) is 31.5 Å². The third kappa shape index (κ3) is 40.5. The van der Waals surface area contributed by atoms with Crippen LogP contribution in [0.15, 0.2) is 0 Å². The van der Waals surface area contributed by atoms with Crippen LogP contribution in [-0.4, -0.2) is 5.48 Å². The molecule has 0 aromatic heterocycles. The van der Waals surface area contributed by atoms with Crippen LogP contribution in [0.1, 0.15) is 0 Å². The fraction of sp³-hybridized carbons (Fsp3) is 0. The fourth-order valence-electron chi connectivity index (χ4n) is 0. The molecule has 0 spiro atoms. The molecule has 0 aliphatic carbocycles. The molecule has 0 unspecified atom stereocenters. The first-order valence-electron chi connectivity index (χ1n) is 0. The summed E-state index contributed by atoms with van der Waals surface area (Å²) in [6.07, 6.45) is 0. The largest absolute Gasteiger partial charge is 0.412 e. The van der Waals surface area contributed by atoms with Crippen LogP contribution in [0.25, 0.3) is 0 Å². The van der Waals surface area contributed by atoms with Crippen molar-refractivity contribution in [3.05, 3.63) is 0 Å². The van der Waals surface area contributed by atoms with Gasteiger partial charge in [0.15, 0.2) is 0 Å². The second kappa shape index (κ2) is 69.1. The Morgan fingerprint density at radius 1 is 0.500 bits per heavy atom. The molecule has 44 valence electrons. The van der Waals surface area contributed by atoms with Crippen LogP contribution < -0.4 is 0 Å².